The van der Waals surface area contributed by atoms with Crippen LogP contribution in [0.15, 0.2) is 48.5 Å². The van der Waals surface area contributed by atoms with Crippen LogP contribution in [0.25, 0.3) is 0 Å². The first-order chi connectivity index (χ1) is 12.1. The van der Waals surface area contributed by atoms with Gasteiger partial charge in [-0.1, -0.05) is 61.0 Å². The Hall–Kier alpha value is -1.78. The number of rotatable bonds is 9. The van der Waals surface area contributed by atoms with Gasteiger partial charge in [0.1, 0.15) is 0 Å². The highest BCUT2D eigenvalue weighted by atomic mass is 32.2. The number of hydrogen-bond donors (Lipinski definition) is 1. The lowest BCUT2D eigenvalue weighted by atomic mass is 10.1. The molecule has 0 aromatic heterocycles. The third-order valence-electron chi connectivity index (χ3n) is 4.10. The molecule has 2 rings (SSSR count). The van der Waals surface area contributed by atoms with Crippen molar-refractivity contribution in [3.8, 4) is 0 Å². The average Bonchev–Trinajstić information content (AvgIpc) is 2.62. The minimum absolute atomic E-state index is 0.0909. The smallest absolute Gasteiger partial charge is 0.230 e. The van der Waals surface area contributed by atoms with Gasteiger partial charge in [0.05, 0.1) is 5.75 Å². The molecule has 1 amide bonds. The van der Waals surface area contributed by atoms with Crippen LogP contribution < -0.4 is 5.32 Å². The van der Waals surface area contributed by atoms with Crippen molar-refractivity contribution in [1.82, 2.24) is 10.2 Å². The highest BCUT2D eigenvalue weighted by Crippen LogP contribution is 2.13. The highest BCUT2D eigenvalue weighted by molar-refractivity contribution is 7.99. The Bertz CT molecular complexity index is 670. The van der Waals surface area contributed by atoms with Crippen LogP contribution in [0.2, 0.25) is 0 Å². The van der Waals surface area contributed by atoms with Gasteiger partial charge in [-0.25, -0.2) is 0 Å². The fraction of sp³-hybridized carbons (Fsp3) is 0.381. The molecule has 0 spiro atoms. The Kier molecular flexibility index (Phi) is 8.02. The maximum atomic E-state index is 12.0. The van der Waals surface area contributed by atoms with E-state index < -0.39 is 0 Å². The normalized spacial score (nSPS) is 10.9. The Labute approximate surface area is 155 Å². The molecule has 0 saturated carbocycles. The van der Waals surface area contributed by atoms with E-state index in [0.717, 1.165) is 24.4 Å². The molecular formula is C21H28N2OS. The van der Waals surface area contributed by atoms with Gasteiger partial charge in [-0.15, -0.1) is 11.8 Å². The van der Waals surface area contributed by atoms with Gasteiger partial charge in [-0.2, -0.15) is 0 Å². The van der Waals surface area contributed by atoms with Crippen LogP contribution in [0.4, 0.5) is 0 Å². The summed E-state index contributed by atoms with van der Waals surface area (Å²) in [6.45, 7) is 6.79. The SMILES string of the molecule is CCN(C)Cc1cccc(CNC(=O)CSCc2ccc(C)cc2)c1. The average molecular weight is 357 g/mol. The number of nitrogens with zero attached hydrogens (tertiary/aromatic N) is 1. The number of carbonyl (C=O) groups is 1. The maximum absolute atomic E-state index is 12.0. The summed E-state index contributed by atoms with van der Waals surface area (Å²) in [4.78, 5) is 14.3. The molecule has 2 aromatic rings. The molecule has 0 saturated heterocycles. The predicted octanol–water partition coefficient (Wildman–Crippen LogP) is 4.00. The molecule has 0 aliphatic heterocycles. The second kappa shape index (κ2) is 10.3. The van der Waals surface area contributed by atoms with E-state index in [1.165, 1.54) is 16.7 Å². The van der Waals surface area contributed by atoms with E-state index in [4.69, 9.17) is 0 Å². The van der Waals surface area contributed by atoms with Gasteiger partial charge in [0.25, 0.3) is 0 Å². The van der Waals surface area contributed by atoms with Gasteiger partial charge < -0.3 is 10.2 Å². The first kappa shape index (κ1) is 19.5. The van der Waals surface area contributed by atoms with E-state index in [2.05, 4.69) is 79.6 Å². The lowest BCUT2D eigenvalue weighted by molar-refractivity contribution is -0.118. The summed E-state index contributed by atoms with van der Waals surface area (Å²) in [5.74, 6) is 1.45. The van der Waals surface area contributed by atoms with Crippen molar-refractivity contribution >= 4 is 17.7 Å². The van der Waals surface area contributed by atoms with Gasteiger partial charge in [-0.3, -0.25) is 4.79 Å². The second-order valence-corrected chi connectivity index (χ2v) is 7.39. The summed E-state index contributed by atoms with van der Waals surface area (Å²) >= 11 is 1.65. The van der Waals surface area contributed by atoms with Crippen LogP contribution in [0, 0.1) is 6.92 Å². The Morgan fingerprint density at radius 3 is 2.52 bits per heavy atom. The van der Waals surface area contributed by atoms with E-state index >= 15 is 0 Å². The number of amides is 1. The van der Waals surface area contributed by atoms with Crippen LogP contribution in [-0.4, -0.2) is 30.2 Å². The number of nitrogens with one attached hydrogen (secondary N) is 1. The molecule has 0 heterocycles. The van der Waals surface area contributed by atoms with Crippen molar-refractivity contribution in [3.05, 3.63) is 70.8 Å². The molecule has 1 N–H and O–H groups in total. The number of benzene rings is 2. The molecular weight excluding hydrogens is 328 g/mol. The van der Waals surface area contributed by atoms with Gasteiger partial charge in [-0.05, 0) is 37.2 Å². The summed E-state index contributed by atoms with van der Waals surface area (Å²) in [5, 5.41) is 3.02. The number of aryl methyl sites for hydroxylation is 1. The van der Waals surface area contributed by atoms with Crippen molar-refractivity contribution in [2.75, 3.05) is 19.3 Å². The molecule has 0 unspecified atom stereocenters. The molecule has 4 heteroatoms. The minimum Gasteiger partial charge on any atom is -0.351 e. The summed E-state index contributed by atoms with van der Waals surface area (Å²) in [7, 11) is 2.11. The molecule has 25 heavy (non-hydrogen) atoms. The molecule has 0 aliphatic carbocycles. The second-order valence-electron chi connectivity index (χ2n) is 6.41. The summed E-state index contributed by atoms with van der Waals surface area (Å²) in [6.07, 6.45) is 0. The number of hydrogen-bond acceptors (Lipinski definition) is 3. The molecule has 0 radical (unpaired) electrons. The molecule has 0 fully saturated rings. The lowest BCUT2D eigenvalue weighted by Gasteiger charge is -2.14. The third-order valence-corrected chi connectivity index (χ3v) is 5.10. The summed E-state index contributed by atoms with van der Waals surface area (Å²) < 4.78 is 0. The Morgan fingerprint density at radius 1 is 1.08 bits per heavy atom. The zero-order valence-corrected chi connectivity index (χ0v) is 16.2. The van der Waals surface area contributed by atoms with Crippen molar-refractivity contribution in [3.63, 3.8) is 0 Å². The van der Waals surface area contributed by atoms with Crippen LogP contribution >= 0.6 is 11.8 Å². The van der Waals surface area contributed by atoms with Crippen LogP contribution in [-0.2, 0) is 23.6 Å². The maximum Gasteiger partial charge on any atom is 0.230 e. The minimum atomic E-state index is 0.0909. The molecule has 0 atom stereocenters. The molecule has 0 aliphatic rings. The largest absolute Gasteiger partial charge is 0.351 e. The Balaban J connectivity index is 1.72. The van der Waals surface area contributed by atoms with E-state index in [-0.39, 0.29) is 5.91 Å². The lowest BCUT2D eigenvalue weighted by Crippen LogP contribution is -2.24. The van der Waals surface area contributed by atoms with Crippen LogP contribution in [0.3, 0.4) is 0 Å². The van der Waals surface area contributed by atoms with E-state index in [1.54, 1.807) is 11.8 Å². The molecule has 3 nitrogen and oxygen atoms in total. The zero-order valence-electron chi connectivity index (χ0n) is 15.4. The monoisotopic (exact) mass is 356 g/mol. The van der Waals surface area contributed by atoms with Crippen molar-refractivity contribution in [1.29, 1.82) is 0 Å². The summed E-state index contributed by atoms with van der Waals surface area (Å²) in [5.41, 5.74) is 4.96. The first-order valence-corrected chi connectivity index (χ1v) is 9.88. The predicted molar refractivity (Wildman–Crippen MR) is 108 cm³/mol. The molecule has 134 valence electrons. The van der Waals surface area contributed by atoms with E-state index in [9.17, 15) is 4.79 Å². The third kappa shape index (κ3) is 7.32. The van der Waals surface area contributed by atoms with Crippen molar-refractivity contribution in [2.24, 2.45) is 0 Å². The van der Waals surface area contributed by atoms with Gasteiger partial charge >= 0.3 is 0 Å². The summed E-state index contributed by atoms with van der Waals surface area (Å²) in [6, 6.07) is 16.9. The zero-order chi connectivity index (χ0) is 18.1. The van der Waals surface area contributed by atoms with Gasteiger partial charge in [0.15, 0.2) is 0 Å². The molecule has 2 aromatic carbocycles. The van der Waals surface area contributed by atoms with Gasteiger partial charge in [0, 0.05) is 18.8 Å². The topological polar surface area (TPSA) is 32.3 Å². The highest BCUT2D eigenvalue weighted by Gasteiger charge is 2.04. The number of thioether (sulfide) groups is 1. The van der Waals surface area contributed by atoms with Gasteiger partial charge in [0.2, 0.25) is 5.91 Å². The number of carbonyl (C=O) groups excluding carboxylic acids is 1. The fourth-order valence-corrected chi connectivity index (χ4v) is 3.28. The molecule has 0 bridgehead atoms. The first-order valence-electron chi connectivity index (χ1n) is 8.73. The van der Waals surface area contributed by atoms with E-state index in [0.29, 0.717) is 12.3 Å². The van der Waals surface area contributed by atoms with Crippen molar-refractivity contribution < 1.29 is 4.79 Å². The fourth-order valence-electron chi connectivity index (χ4n) is 2.46. The quantitative estimate of drug-likeness (QED) is 0.737. The van der Waals surface area contributed by atoms with Crippen LogP contribution in [0.1, 0.15) is 29.2 Å². The Morgan fingerprint density at radius 2 is 1.80 bits per heavy atom. The van der Waals surface area contributed by atoms with Crippen molar-refractivity contribution in [2.45, 2.75) is 32.7 Å². The van der Waals surface area contributed by atoms with E-state index in [1.807, 2.05) is 0 Å². The standard InChI is InChI=1S/C21H28N2OS/c1-4-23(3)14-20-7-5-6-19(12-20)13-22-21(24)16-25-15-18-10-8-17(2)9-11-18/h5-12H,4,13-16H2,1-3H3,(H,22,24). The van der Waals surface area contributed by atoms with Crippen LogP contribution in [0.5, 0.6) is 0 Å².